The number of carbonyl (C=O) groups is 2. The maximum absolute atomic E-state index is 11.7. The minimum atomic E-state index is -0.942. The number of benzene rings is 1. The molecule has 0 saturated heterocycles. The summed E-state index contributed by atoms with van der Waals surface area (Å²) in [7, 11) is 0. The Morgan fingerprint density at radius 3 is 2.38 bits per heavy atom. The second-order valence-corrected chi connectivity index (χ2v) is 4.16. The molecule has 0 radical (unpaired) electrons. The third kappa shape index (κ3) is 3.66. The summed E-state index contributed by atoms with van der Waals surface area (Å²) >= 11 is 5.84. The van der Waals surface area contributed by atoms with Gasteiger partial charge in [0, 0.05) is 12.0 Å². The number of hydrogen-bond donors (Lipinski definition) is 1. The molecule has 4 heteroatoms. The van der Waals surface area contributed by atoms with Gasteiger partial charge in [-0.25, -0.2) is 0 Å². The maximum atomic E-state index is 11.7. The van der Waals surface area contributed by atoms with E-state index in [4.69, 9.17) is 16.7 Å². The summed E-state index contributed by atoms with van der Waals surface area (Å²) in [6.07, 6.45) is 0.0648. The first-order valence-electron chi connectivity index (χ1n) is 4.97. The lowest BCUT2D eigenvalue weighted by Gasteiger charge is -2.07. The Labute approximate surface area is 99.0 Å². The molecule has 16 heavy (non-hydrogen) atoms. The average Bonchev–Trinajstić information content (AvgIpc) is 2.26. The summed E-state index contributed by atoms with van der Waals surface area (Å²) in [6.45, 7) is 1.93. The van der Waals surface area contributed by atoms with E-state index in [0.717, 1.165) is 5.56 Å². The number of ketones is 1. The first-order valence-corrected chi connectivity index (χ1v) is 5.41. The number of halogens is 1. The van der Waals surface area contributed by atoms with Crippen LogP contribution in [0.2, 0.25) is 0 Å². The monoisotopic (exact) mass is 240 g/mol. The molecule has 0 fully saturated rings. The van der Waals surface area contributed by atoms with Gasteiger partial charge < -0.3 is 5.11 Å². The lowest BCUT2D eigenvalue weighted by molar-refractivity contribution is -0.137. The molecule has 1 atom stereocenters. The van der Waals surface area contributed by atoms with Gasteiger partial charge in [0.25, 0.3) is 0 Å². The van der Waals surface area contributed by atoms with Crippen LogP contribution in [-0.4, -0.2) is 22.2 Å². The van der Waals surface area contributed by atoms with E-state index in [2.05, 4.69) is 0 Å². The van der Waals surface area contributed by atoms with Gasteiger partial charge in [-0.05, 0) is 13.3 Å². The summed E-state index contributed by atoms with van der Waals surface area (Å²) in [6, 6.07) is 7.06. The van der Waals surface area contributed by atoms with Crippen LogP contribution in [-0.2, 0) is 4.79 Å². The van der Waals surface area contributed by atoms with Crippen molar-refractivity contribution in [3.63, 3.8) is 0 Å². The molecule has 0 heterocycles. The quantitative estimate of drug-likeness (QED) is 0.636. The Morgan fingerprint density at radius 1 is 1.31 bits per heavy atom. The van der Waals surface area contributed by atoms with Gasteiger partial charge in [0.1, 0.15) is 0 Å². The molecule has 1 N–H and O–H groups in total. The Bertz CT molecular complexity index is 384. The lowest BCUT2D eigenvalue weighted by Crippen LogP contribution is -2.16. The highest BCUT2D eigenvalue weighted by Crippen LogP contribution is 2.14. The van der Waals surface area contributed by atoms with Crippen LogP contribution >= 0.6 is 11.6 Å². The van der Waals surface area contributed by atoms with Crippen LogP contribution in [0.4, 0.5) is 0 Å². The molecular weight excluding hydrogens is 228 g/mol. The molecule has 0 bridgehead atoms. The molecule has 0 amide bonds. The molecule has 0 aliphatic rings. The standard InChI is InChI=1S/C12H13ClO3/c1-8-2-4-9(5-3-8)12(16)10(13)6-7-11(14)15/h2-5,10H,6-7H2,1H3,(H,14,15). The van der Waals surface area contributed by atoms with E-state index in [1.54, 1.807) is 12.1 Å². The first kappa shape index (κ1) is 12.7. The van der Waals surface area contributed by atoms with Crippen LogP contribution < -0.4 is 0 Å². The van der Waals surface area contributed by atoms with E-state index in [1.165, 1.54) is 0 Å². The van der Waals surface area contributed by atoms with Crippen LogP contribution in [0.5, 0.6) is 0 Å². The van der Waals surface area contributed by atoms with Gasteiger partial charge in [0.15, 0.2) is 5.78 Å². The van der Waals surface area contributed by atoms with Crippen molar-refractivity contribution in [3.8, 4) is 0 Å². The maximum Gasteiger partial charge on any atom is 0.303 e. The molecule has 1 aromatic rings. The normalized spacial score (nSPS) is 12.1. The number of carboxylic acids is 1. The third-order valence-corrected chi connectivity index (χ3v) is 2.65. The van der Waals surface area contributed by atoms with Crippen molar-refractivity contribution >= 4 is 23.4 Å². The van der Waals surface area contributed by atoms with Gasteiger partial charge in [0.2, 0.25) is 0 Å². The Balaban J connectivity index is 2.63. The summed E-state index contributed by atoms with van der Waals surface area (Å²) in [5.41, 5.74) is 1.59. The van der Waals surface area contributed by atoms with Crippen molar-refractivity contribution in [3.05, 3.63) is 35.4 Å². The Hall–Kier alpha value is -1.35. The first-order chi connectivity index (χ1) is 7.50. The third-order valence-electron chi connectivity index (χ3n) is 2.23. The Kier molecular flexibility index (Phi) is 4.50. The fourth-order valence-corrected chi connectivity index (χ4v) is 1.52. The molecule has 3 nitrogen and oxygen atoms in total. The second kappa shape index (κ2) is 5.66. The Morgan fingerprint density at radius 2 is 1.88 bits per heavy atom. The van der Waals surface area contributed by atoms with E-state index in [-0.39, 0.29) is 18.6 Å². The summed E-state index contributed by atoms with van der Waals surface area (Å²) in [5, 5.41) is 7.72. The number of aryl methyl sites for hydroxylation is 1. The highest BCUT2D eigenvalue weighted by Gasteiger charge is 2.18. The minimum Gasteiger partial charge on any atom is -0.481 e. The van der Waals surface area contributed by atoms with Gasteiger partial charge in [-0.2, -0.15) is 0 Å². The van der Waals surface area contributed by atoms with Gasteiger partial charge in [-0.15, -0.1) is 11.6 Å². The van der Waals surface area contributed by atoms with Crippen LogP contribution in [0, 0.1) is 6.92 Å². The number of rotatable bonds is 5. The van der Waals surface area contributed by atoms with Crippen molar-refractivity contribution in [2.24, 2.45) is 0 Å². The smallest absolute Gasteiger partial charge is 0.303 e. The van der Waals surface area contributed by atoms with Gasteiger partial charge in [-0.3, -0.25) is 9.59 Å². The fourth-order valence-electron chi connectivity index (χ4n) is 1.28. The van der Waals surface area contributed by atoms with Crippen LogP contribution in [0.3, 0.4) is 0 Å². The van der Waals surface area contributed by atoms with Crippen LogP contribution in [0.15, 0.2) is 24.3 Å². The number of carbonyl (C=O) groups excluding carboxylic acids is 1. The molecule has 86 valence electrons. The van der Waals surface area contributed by atoms with Crippen molar-refractivity contribution in [1.82, 2.24) is 0 Å². The molecule has 1 unspecified atom stereocenters. The molecule has 1 aromatic carbocycles. The number of carboxylic acid groups (broad SMARTS) is 1. The fraction of sp³-hybridized carbons (Fsp3) is 0.333. The van der Waals surface area contributed by atoms with Crippen LogP contribution in [0.25, 0.3) is 0 Å². The van der Waals surface area contributed by atoms with Crippen LogP contribution in [0.1, 0.15) is 28.8 Å². The second-order valence-electron chi connectivity index (χ2n) is 3.63. The van der Waals surface area contributed by atoms with Gasteiger partial charge >= 0.3 is 5.97 Å². The minimum absolute atomic E-state index is 0.0915. The zero-order valence-electron chi connectivity index (χ0n) is 8.94. The van der Waals surface area contributed by atoms with Gasteiger partial charge in [-0.1, -0.05) is 29.8 Å². The highest BCUT2D eigenvalue weighted by molar-refractivity contribution is 6.33. The molecule has 0 spiro atoms. The largest absolute Gasteiger partial charge is 0.481 e. The molecule has 0 aliphatic carbocycles. The SMILES string of the molecule is Cc1ccc(C(=O)C(Cl)CCC(=O)O)cc1. The summed E-state index contributed by atoms with van der Waals surface area (Å²) in [5.74, 6) is -1.16. The van der Waals surface area contributed by atoms with Crippen molar-refractivity contribution in [2.75, 3.05) is 0 Å². The molecule has 0 aromatic heterocycles. The van der Waals surface area contributed by atoms with E-state index < -0.39 is 11.3 Å². The molecule has 0 aliphatic heterocycles. The van der Waals surface area contributed by atoms with E-state index in [0.29, 0.717) is 5.56 Å². The predicted octanol–water partition coefficient (Wildman–Crippen LogP) is 2.65. The van der Waals surface area contributed by atoms with Crippen molar-refractivity contribution in [2.45, 2.75) is 25.1 Å². The summed E-state index contributed by atoms with van der Waals surface area (Å²) < 4.78 is 0. The zero-order chi connectivity index (χ0) is 12.1. The zero-order valence-corrected chi connectivity index (χ0v) is 9.70. The predicted molar refractivity (Wildman–Crippen MR) is 62.0 cm³/mol. The molecular formula is C12H13ClO3. The van der Waals surface area contributed by atoms with E-state index >= 15 is 0 Å². The number of alkyl halides is 1. The number of aliphatic carboxylic acids is 1. The van der Waals surface area contributed by atoms with E-state index in [9.17, 15) is 9.59 Å². The molecule has 0 saturated carbocycles. The number of hydrogen-bond acceptors (Lipinski definition) is 2. The summed E-state index contributed by atoms with van der Waals surface area (Å²) in [4.78, 5) is 22.1. The average molecular weight is 241 g/mol. The molecule has 1 rings (SSSR count). The highest BCUT2D eigenvalue weighted by atomic mass is 35.5. The van der Waals surface area contributed by atoms with Gasteiger partial charge in [0.05, 0.1) is 5.38 Å². The number of Topliss-reactive ketones (excluding diaryl/α,β-unsaturated/α-hetero) is 1. The lowest BCUT2D eigenvalue weighted by atomic mass is 10.0. The van der Waals surface area contributed by atoms with Crippen molar-refractivity contribution < 1.29 is 14.7 Å². The van der Waals surface area contributed by atoms with Crippen molar-refractivity contribution in [1.29, 1.82) is 0 Å². The van der Waals surface area contributed by atoms with E-state index in [1.807, 2.05) is 19.1 Å². The topological polar surface area (TPSA) is 54.4 Å².